The van der Waals surface area contributed by atoms with E-state index in [1.807, 2.05) is 0 Å². The summed E-state index contributed by atoms with van der Waals surface area (Å²) >= 11 is 5.66. The van der Waals surface area contributed by atoms with Crippen LogP contribution in [0.15, 0.2) is 18.2 Å². The fourth-order valence-corrected chi connectivity index (χ4v) is 1.12. The van der Waals surface area contributed by atoms with Gasteiger partial charge in [0.1, 0.15) is 18.1 Å². The Kier molecular flexibility index (Phi) is 4.26. The SMILES string of the molecule is OCCOc1cc(OC(F)(F)F)ccc1Cl. The molecule has 0 saturated heterocycles. The molecule has 0 aliphatic rings. The molecule has 0 aliphatic carbocycles. The highest BCUT2D eigenvalue weighted by molar-refractivity contribution is 6.32. The van der Waals surface area contributed by atoms with Crippen molar-refractivity contribution in [2.24, 2.45) is 0 Å². The highest BCUT2D eigenvalue weighted by atomic mass is 35.5. The van der Waals surface area contributed by atoms with E-state index in [2.05, 4.69) is 4.74 Å². The molecule has 1 N–H and O–H groups in total. The maximum absolute atomic E-state index is 11.9. The third-order valence-corrected chi connectivity index (χ3v) is 1.80. The van der Waals surface area contributed by atoms with Crippen LogP contribution in [0, 0.1) is 0 Å². The number of aliphatic hydroxyl groups excluding tert-OH is 1. The van der Waals surface area contributed by atoms with Crippen molar-refractivity contribution in [3.8, 4) is 11.5 Å². The molecule has 0 bridgehead atoms. The Balaban J connectivity index is 2.81. The van der Waals surface area contributed by atoms with Gasteiger partial charge in [0.25, 0.3) is 0 Å². The first-order valence-corrected chi connectivity index (χ1v) is 4.59. The van der Waals surface area contributed by atoms with E-state index >= 15 is 0 Å². The van der Waals surface area contributed by atoms with E-state index in [1.54, 1.807) is 0 Å². The van der Waals surface area contributed by atoms with Crippen molar-refractivity contribution in [3.63, 3.8) is 0 Å². The highest BCUT2D eigenvalue weighted by Gasteiger charge is 2.31. The standard InChI is InChI=1S/C9H8ClF3O3/c10-7-2-1-6(16-9(11,12)13)5-8(7)15-4-3-14/h1-2,5,14H,3-4H2. The molecule has 0 aromatic heterocycles. The molecule has 1 aromatic rings. The topological polar surface area (TPSA) is 38.7 Å². The van der Waals surface area contributed by atoms with Crippen LogP contribution >= 0.6 is 11.6 Å². The van der Waals surface area contributed by atoms with E-state index < -0.39 is 12.1 Å². The summed E-state index contributed by atoms with van der Waals surface area (Å²) in [6, 6.07) is 3.29. The van der Waals surface area contributed by atoms with Gasteiger partial charge in [0.2, 0.25) is 0 Å². The molecule has 0 spiro atoms. The monoisotopic (exact) mass is 256 g/mol. The van der Waals surface area contributed by atoms with E-state index in [9.17, 15) is 13.2 Å². The summed E-state index contributed by atoms with van der Waals surface area (Å²) in [5, 5.41) is 8.64. The lowest BCUT2D eigenvalue weighted by molar-refractivity contribution is -0.274. The zero-order valence-corrected chi connectivity index (χ0v) is 8.68. The van der Waals surface area contributed by atoms with Crippen LogP contribution in [0.1, 0.15) is 0 Å². The maximum atomic E-state index is 11.9. The van der Waals surface area contributed by atoms with Crippen LogP contribution < -0.4 is 9.47 Å². The van der Waals surface area contributed by atoms with Gasteiger partial charge in [-0.1, -0.05) is 11.6 Å². The molecule has 1 aromatic carbocycles. The Morgan fingerprint density at radius 3 is 2.56 bits per heavy atom. The first-order chi connectivity index (χ1) is 7.42. The molecule has 3 nitrogen and oxygen atoms in total. The quantitative estimate of drug-likeness (QED) is 0.900. The zero-order chi connectivity index (χ0) is 12.2. The van der Waals surface area contributed by atoms with Gasteiger partial charge >= 0.3 is 6.36 Å². The smallest absolute Gasteiger partial charge is 0.489 e. The van der Waals surface area contributed by atoms with Gasteiger partial charge in [-0.2, -0.15) is 0 Å². The molecule has 0 fully saturated rings. The van der Waals surface area contributed by atoms with Gasteiger partial charge in [-0.3, -0.25) is 0 Å². The van der Waals surface area contributed by atoms with Crippen LogP contribution in [0.2, 0.25) is 5.02 Å². The summed E-state index contributed by atoms with van der Waals surface area (Å²) in [6.45, 7) is -0.324. The second-order valence-corrected chi connectivity index (χ2v) is 3.12. The molecule has 90 valence electrons. The van der Waals surface area contributed by atoms with Crippen LogP contribution in [0.25, 0.3) is 0 Å². The predicted molar refractivity (Wildman–Crippen MR) is 50.7 cm³/mol. The van der Waals surface area contributed by atoms with Crippen molar-refractivity contribution in [1.29, 1.82) is 0 Å². The van der Waals surface area contributed by atoms with E-state index in [0.717, 1.165) is 12.1 Å². The third kappa shape index (κ3) is 4.16. The first kappa shape index (κ1) is 12.9. The molecule has 0 radical (unpaired) electrons. The summed E-state index contributed by atoms with van der Waals surface area (Å²) in [5.74, 6) is -0.401. The number of aliphatic hydroxyl groups is 1. The van der Waals surface area contributed by atoms with E-state index in [4.69, 9.17) is 21.4 Å². The number of halogens is 4. The second-order valence-electron chi connectivity index (χ2n) is 2.71. The van der Waals surface area contributed by atoms with Gasteiger partial charge < -0.3 is 14.6 Å². The summed E-state index contributed by atoms with van der Waals surface area (Å²) in [5.41, 5.74) is 0. The van der Waals surface area contributed by atoms with Crippen molar-refractivity contribution >= 4 is 11.6 Å². The highest BCUT2D eigenvalue weighted by Crippen LogP contribution is 2.31. The molecule has 16 heavy (non-hydrogen) atoms. The van der Waals surface area contributed by atoms with Gasteiger partial charge in [-0.05, 0) is 12.1 Å². The minimum Gasteiger partial charge on any atom is -0.489 e. The van der Waals surface area contributed by atoms with Gasteiger partial charge in [-0.15, -0.1) is 13.2 Å². The van der Waals surface area contributed by atoms with Gasteiger partial charge in [0.05, 0.1) is 11.6 Å². The van der Waals surface area contributed by atoms with E-state index in [1.165, 1.54) is 6.07 Å². The molecular weight excluding hydrogens is 249 g/mol. The van der Waals surface area contributed by atoms with Crippen molar-refractivity contribution in [2.75, 3.05) is 13.2 Å². The van der Waals surface area contributed by atoms with E-state index in [-0.39, 0.29) is 24.0 Å². The minimum absolute atomic E-state index is 0.0254. The number of benzene rings is 1. The number of alkyl halides is 3. The van der Waals surface area contributed by atoms with Gasteiger partial charge in [0.15, 0.2) is 0 Å². The Morgan fingerprint density at radius 1 is 1.31 bits per heavy atom. The fraction of sp³-hybridized carbons (Fsp3) is 0.333. The zero-order valence-electron chi connectivity index (χ0n) is 7.92. The van der Waals surface area contributed by atoms with Gasteiger partial charge in [-0.25, -0.2) is 0 Å². The third-order valence-electron chi connectivity index (χ3n) is 1.49. The molecule has 0 atom stereocenters. The minimum atomic E-state index is -4.76. The lowest BCUT2D eigenvalue weighted by Crippen LogP contribution is -2.17. The Hall–Kier alpha value is -1.14. The van der Waals surface area contributed by atoms with Crippen LogP contribution in [-0.2, 0) is 0 Å². The molecule has 0 aliphatic heterocycles. The fourth-order valence-electron chi connectivity index (χ4n) is 0.947. The van der Waals surface area contributed by atoms with Crippen LogP contribution in [-0.4, -0.2) is 24.7 Å². The van der Waals surface area contributed by atoms with Crippen molar-refractivity contribution < 1.29 is 27.8 Å². The number of hydrogen-bond acceptors (Lipinski definition) is 3. The van der Waals surface area contributed by atoms with Crippen molar-refractivity contribution in [2.45, 2.75) is 6.36 Å². The van der Waals surface area contributed by atoms with Crippen LogP contribution in [0.4, 0.5) is 13.2 Å². The average Bonchev–Trinajstić information content (AvgIpc) is 2.17. The normalized spacial score (nSPS) is 11.3. The van der Waals surface area contributed by atoms with E-state index in [0.29, 0.717) is 0 Å². The summed E-state index contributed by atoms with van der Waals surface area (Å²) in [7, 11) is 0. The molecule has 1 rings (SSSR count). The van der Waals surface area contributed by atoms with Crippen LogP contribution in [0.3, 0.4) is 0 Å². The largest absolute Gasteiger partial charge is 0.573 e. The summed E-state index contributed by atoms with van der Waals surface area (Å²) in [4.78, 5) is 0. The molecule has 0 amide bonds. The first-order valence-electron chi connectivity index (χ1n) is 4.21. The molecule has 0 unspecified atom stereocenters. The average molecular weight is 257 g/mol. The Labute approximate surface area is 94.3 Å². The Morgan fingerprint density at radius 2 is 2.00 bits per heavy atom. The summed E-state index contributed by atoms with van der Waals surface area (Å²) in [6.07, 6.45) is -4.76. The number of rotatable bonds is 4. The number of hydrogen-bond donors (Lipinski definition) is 1. The van der Waals surface area contributed by atoms with Crippen LogP contribution in [0.5, 0.6) is 11.5 Å². The molecule has 0 heterocycles. The van der Waals surface area contributed by atoms with Gasteiger partial charge in [0, 0.05) is 6.07 Å². The van der Waals surface area contributed by atoms with Crippen molar-refractivity contribution in [3.05, 3.63) is 23.2 Å². The van der Waals surface area contributed by atoms with Crippen molar-refractivity contribution in [1.82, 2.24) is 0 Å². The molecule has 0 saturated carbocycles. The second kappa shape index (κ2) is 5.27. The lowest BCUT2D eigenvalue weighted by atomic mass is 10.3. The molecular formula is C9H8ClF3O3. The molecule has 7 heteroatoms. The maximum Gasteiger partial charge on any atom is 0.573 e. The predicted octanol–water partition coefficient (Wildman–Crippen LogP) is 2.61. The Bertz CT molecular complexity index is 354. The number of ether oxygens (including phenoxy) is 2. The summed E-state index contributed by atoms with van der Waals surface area (Å²) < 4.78 is 44.3. The lowest BCUT2D eigenvalue weighted by Gasteiger charge is -2.11.